The predicted molar refractivity (Wildman–Crippen MR) is 40.0 cm³/mol. The van der Waals surface area contributed by atoms with Crippen LogP contribution in [0.4, 0.5) is 0 Å². The van der Waals surface area contributed by atoms with Crippen LogP contribution in [-0.4, -0.2) is 17.1 Å². The molecule has 0 fully saturated rings. The number of hydrogen-bond acceptors (Lipinski definition) is 1. The second-order valence-corrected chi connectivity index (χ2v) is 2.63. The SMILES string of the molecule is CCCCCCO[SiH3]. The first-order valence-corrected chi connectivity index (χ1v) is 4.22. The zero-order valence-electron chi connectivity index (χ0n) is 5.94. The lowest BCUT2D eigenvalue weighted by atomic mass is 10.2. The molecule has 50 valence electrons. The summed E-state index contributed by atoms with van der Waals surface area (Å²) in [6, 6.07) is 0. The molecule has 0 amide bonds. The van der Waals surface area contributed by atoms with Gasteiger partial charge in [0.1, 0.15) is 10.5 Å². The molecule has 0 N–H and O–H groups in total. The molecule has 0 aromatic rings. The number of rotatable bonds is 5. The molecule has 0 aromatic heterocycles. The third-order valence-electron chi connectivity index (χ3n) is 1.20. The lowest BCUT2D eigenvalue weighted by Gasteiger charge is -1.95. The standard InChI is InChI=1S/C6H16OSi/c1-2-3-4-5-6-7-8/h2-6H2,1,8H3. The van der Waals surface area contributed by atoms with Gasteiger partial charge in [-0.15, -0.1) is 0 Å². The summed E-state index contributed by atoms with van der Waals surface area (Å²) in [7, 11) is 0.907. The Labute approximate surface area is 55.0 Å². The Balaban J connectivity index is 2.53. The van der Waals surface area contributed by atoms with Crippen LogP contribution < -0.4 is 0 Å². The van der Waals surface area contributed by atoms with E-state index in [1.54, 1.807) is 0 Å². The molecule has 0 aliphatic rings. The van der Waals surface area contributed by atoms with Crippen molar-refractivity contribution in [2.75, 3.05) is 6.61 Å². The van der Waals surface area contributed by atoms with Gasteiger partial charge in [-0.3, -0.25) is 0 Å². The molecule has 1 nitrogen and oxygen atoms in total. The Bertz CT molecular complexity index is 33.5. The fourth-order valence-electron chi connectivity index (χ4n) is 0.673. The van der Waals surface area contributed by atoms with Gasteiger partial charge in [0.25, 0.3) is 0 Å². The van der Waals surface area contributed by atoms with Crippen LogP contribution in [0.3, 0.4) is 0 Å². The van der Waals surface area contributed by atoms with Crippen LogP contribution in [-0.2, 0) is 4.43 Å². The van der Waals surface area contributed by atoms with Crippen LogP contribution in [0.5, 0.6) is 0 Å². The summed E-state index contributed by atoms with van der Waals surface area (Å²) in [4.78, 5) is 0. The van der Waals surface area contributed by atoms with Gasteiger partial charge >= 0.3 is 0 Å². The molecular weight excluding hydrogens is 116 g/mol. The average molecular weight is 132 g/mol. The molecule has 0 bridgehead atoms. The van der Waals surface area contributed by atoms with Gasteiger partial charge in [-0.2, -0.15) is 0 Å². The summed E-state index contributed by atoms with van der Waals surface area (Å²) in [5.41, 5.74) is 0. The van der Waals surface area contributed by atoms with Crippen LogP contribution in [0.25, 0.3) is 0 Å². The Hall–Kier alpha value is 0.177. The van der Waals surface area contributed by atoms with Crippen molar-refractivity contribution in [3.63, 3.8) is 0 Å². The molecule has 0 rings (SSSR count). The van der Waals surface area contributed by atoms with E-state index in [1.165, 1.54) is 25.7 Å². The van der Waals surface area contributed by atoms with E-state index in [4.69, 9.17) is 4.43 Å². The highest BCUT2D eigenvalue weighted by Crippen LogP contribution is 1.97. The third-order valence-corrected chi connectivity index (χ3v) is 1.61. The quantitative estimate of drug-likeness (QED) is 0.398. The molecule has 0 saturated heterocycles. The molecule has 0 aliphatic heterocycles. The van der Waals surface area contributed by atoms with E-state index in [9.17, 15) is 0 Å². The smallest absolute Gasteiger partial charge is 0.145 e. The van der Waals surface area contributed by atoms with Gasteiger partial charge in [0.15, 0.2) is 0 Å². The molecule has 0 unspecified atom stereocenters. The van der Waals surface area contributed by atoms with Gasteiger partial charge in [0.05, 0.1) is 0 Å². The Morgan fingerprint density at radius 3 is 2.50 bits per heavy atom. The summed E-state index contributed by atoms with van der Waals surface area (Å²) in [5.74, 6) is 0. The van der Waals surface area contributed by atoms with E-state index in [1.807, 2.05) is 0 Å². The topological polar surface area (TPSA) is 9.23 Å². The largest absolute Gasteiger partial charge is 0.428 e. The summed E-state index contributed by atoms with van der Waals surface area (Å²) < 4.78 is 5.03. The highest BCUT2D eigenvalue weighted by Gasteiger charge is 1.83. The van der Waals surface area contributed by atoms with Crippen molar-refractivity contribution >= 4 is 10.5 Å². The first kappa shape index (κ1) is 8.18. The summed E-state index contributed by atoms with van der Waals surface area (Å²) in [6.45, 7) is 3.22. The molecule has 0 spiro atoms. The molecular formula is C6H16OSi. The molecule has 0 heterocycles. The molecule has 0 aliphatic carbocycles. The number of unbranched alkanes of at least 4 members (excludes halogenated alkanes) is 3. The van der Waals surface area contributed by atoms with E-state index < -0.39 is 0 Å². The van der Waals surface area contributed by atoms with Crippen molar-refractivity contribution in [1.29, 1.82) is 0 Å². The van der Waals surface area contributed by atoms with Gasteiger partial charge in [-0.05, 0) is 6.42 Å². The zero-order chi connectivity index (χ0) is 6.24. The predicted octanol–water partition coefficient (Wildman–Crippen LogP) is 0.864. The van der Waals surface area contributed by atoms with E-state index in [-0.39, 0.29) is 0 Å². The van der Waals surface area contributed by atoms with Crippen molar-refractivity contribution in [3.05, 3.63) is 0 Å². The second kappa shape index (κ2) is 7.18. The molecule has 0 radical (unpaired) electrons. The van der Waals surface area contributed by atoms with Crippen molar-refractivity contribution in [1.82, 2.24) is 0 Å². The van der Waals surface area contributed by atoms with Crippen LogP contribution in [0.15, 0.2) is 0 Å². The van der Waals surface area contributed by atoms with E-state index in [2.05, 4.69) is 6.92 Å². The lowest BCUT2D eigenvalue weighted by Crippen LogP contribution is -1.88. The van der Waals surface area contributed by atoms with E-state index in [0.29, 0.717) is 0 Å². The van der Waals surface area contributed by atoms with Crippen molar-refractivity contribution in [2.45, 2.75) is 32.6 Å². The Morgan fingerprint density at radius 1 is 1.25 bits per heavy atom. The first-order chi connectivity index (χ1) is 3.91. The Morgan fingerprint density at radius 2 is 2.00 bits per heavy atom. The molecule has 2 heteroatoms. The van der Waals surface area contributed by atoms with Gasteiger partial charge in [0, 0.05) is 6.61 Å². The van der Waals surface area contributed by atoms with E-state index >= 15 is 0 Å². The highest BCUT2D eigenvalue weighted by atomic mass is 28.2. The second-order valence-electron chi connectivity index (χ2n) is 2.05. The van der Waals surface area contributed by atoms with Crippen LogP contribution >= 0.6 is 0 Å². The van der Waals surface area contributed by atoms with Gasteiger partial charge in [-0.1, -0.05) is 26.2 Å². The summed E-state index contributed by atoms with van der Waals surface area (Å²) in [6.07, 6.45) is 5.29. The fourth-order valence-corrected chi connectivity index (χ4v) is 0.962. The minimum atomic E-state index is 0.907. The maximum Gasteiger partial charge on any atom is 0.145 e. The van der Waals surface area contributed by atoms with Gasteiger partial charge in [-0.25, -0.2) is 0 Å². The molecule has 0 atom stereocenters. The fraction of sp³-hybridized carbons (Fsp3) is 1.00. The zero-order valence-corrected chi connectivity index (χ0v) is 7.94. The van der Waals surface area contributed by atoms with Crippen LogP contribution in [0.1, 0.15) is 32.6 Å². The van der Waals surface area contributed by atoms with Crippen molar-refractivity contribution < 1.29 is 4.43 Å². The lowest BCUT2D eigenvalue weighted by molar-refractivity contribution is 0.334. The molecule has 8 heavy (non-hydrogen) atoms. The van der Waals surface area contributed by atoms with Crippen LogP contribution in [0.2, 0.25) is 0 Å². The van der Waals surface area contributed by atoms with Gasteiger partial charge < -0.3 is 4.43 Å². The monoisotopic (exact) mass is 132 g/mol. The number of hydrogen-bond donors (Lipinski definition) is 0. The normalized spacial score (nSPS) is 10.1. The highest BCUT2D eigenvalue weighted by molar-refractivity contribution is 5.97. The average Bonchev–Trinajstić information content (AvgIpc) is 1.81. The summed E-state index contributed by atoms with van der Waals surface area (Å²) in [5, 5.41) is 0. The molecule has 0 saturated carbocycles. The first-order valence-electron chi connectivity index (χ1n) is 3.40. The van der Waals surface area contributed by atoms with Gasteiger partial charge in [0.2, 0.25) is 0 Å². The maximum absolute atomic E-state index is 5.03. The maximum atomic E-state index is 5.03. The third kappa shape index (κ3) is 6.18. The minimum absolute atomic E-state index is 0.907. The minimum Gasteiger partial charge on any atom is -0.428 e. The van der Waals surface area contributed by atoms with Crippen molar-refractivity contribution in [3.8, 4) is 0 Å². The Kier molecular flexibility index (Phi) is 7.34. The van der Waals surface area contributed by atoms with Crippen molar-refractivity contribution in [2.24, 2.45) is 0 Å². The van der Waals surface area contributed by atoms with E-state index in [0.717, 1.165) is 17.1 Å². The van der Waals surface area contributed by atoms with Crippen LogP contribution in [0, 0.1) is 0 Å². The molecule has 0 aromatic carbocycles. The summed E-state index contributed by atoms with van der Waals surface area (Å²) >= 11 is 0.